The lowest BCUT2D eigenvalue weighted by Crippen LogP contribution is -2.29. The number of hydrogen-bond donors (Lipinski definition) is 0. The highest BCUT2D eigenvalue weighted by atomic mass is 16.2. The number of hydrogen-bond acceptors (Lipinski definition) is 2. The van der Waals surface area contributed by atoms with Crippen molar-refractivity contribution in [1.82, 2.24) is 0 Å². The van der Waals surface area contributed by atoms with E-state index in [1.54, 1.807) is 0 Å². The van der Waals surface area contributed by atoms with Gasteiger partial charge in [-0.15, -0.1) is 0 Å². The van der Waals surface area contributed by atoms with Crippen molar-refractivity contribution < 1.29 is 14.4 Å². The molecule has 1 aliphatic carbocycles. The molecule has 11 heavy (non-hydrogen) atoms. The summed E-state index contributed by atoms with van der Waals surface area (Å²) in [5.41, 5.74) is 7.95. The van der Waals surface area contributed by atoms with Crippen LogP contribution in [0.25, 0.3) is 5.53 Å². The van der Waals surface area contributed by atoms with Crippen molar-refractivity contribution in [2.75, 3.05) is 0 Å². The van der Waals surface area contributed by atoms with E-state index in [-0.39, 0.29) is 5.92 Å². The first kappa shape index (κ1) is 7.82. The van der Waals surface area contributed by atoms with Crippen molar-refractivity contribution in [3.8, 4) is 0 Å². The van der Waals surface area contributed by atoms with Crippen LogP contribution < -0.4 is 0 Å². The summed E-state index contributed by atoms with van der Waals surface area (Å²) in [5.74, 6) is -1.23. The normalized spacial score (nSPS) is 16.4. The lowest BCUT2D eigenvalue weighted by molar-refractivity contribution is -0.138. The highest BCUT2D eigenvalue weighted by Crippen LogP contribution is 2.26. The summed E-state index contributed by atoms with van der Waals surface area (Å²) in [4.78, 5) is 24.2. The van der Waals surface area contributed by atoms with Gasteiger partial charge in [0.25, 0.3) is 0 Å². The fourth-order valence-corrected chi connectivity index (χ4v) is 0.988. The Morgan fingerprint density at radius 1 is 1.45 bits per heavy atom. The molecule has 1 rings (SSSR count). The highest BCUT2D eigenvalue weighted by Gasteiger charge is 2.30. The summed E-state index contributed by atoms with van der Waals surface area (Å²) < 4.78 is 0. The Balaban J connectivity index is 2.52. The van der Waals surface area contributed by atoms with Gasteiger partial charge in [0.15, 0.2) is 0 Å². The van der Waals surface area contributed by atoms with E-state index >= 15 is 0 Å². The first-order valence-electron chi connectivity index (χ1n) is 3.51. The van der Waals surface area contributed by atoms with Crippen LogP contribution in [0.15, 0.2) is 0 Å². The lowest BCUT2D eigenvalue weighted by Gasteiger charge is -2.21. The molecule has 0 saturated heterocycles. The third-order valence-electron chi connectivity index (χ3n) is 1.89. The molecule has 0 unspecified atom stereocenters. The molecule has 0 aliphatic heterocycles. The van der Waals surface area contributed by atoms with Gasteiger partial charge in [-0.2, -0.15) is 4.79 Å². The maximum atomic E-state index is 11.0. The smallest absolute Gasteiger partial charge is 0.331 e. The van der Waals surface area contributed by atoms with Crippen LogP contribution in [0.2, 0.25) is 0 Å². The number of carbonyl (C=O) groups excluding carboxylic acids is 2. The maximum Gasteiger partial charge on any atom is 0.331 e. The first-order valence-corrected chi connectivity index (χ1v) is 3.51. The Bertz CT molecular complexity index is 237. The minimum Gasteiger partial charge on any atom is -0.361 e. The fourth-order valence-electron chi connectivity index (χ4n) is 0.988. The summed E-state index contributed by atoms with van der Waals surface area (Å²) in [7, 11) is 0. The second kappa shape index (κ2) is 3.21. The van der Waals surface area contributed by atoms with Crippen molar-refractivity contribution in [1.29, 1.82) is 0 Å². The summed E-state index contributed by atoms with van der Waals surface area (Å²) in [6.07, 6.45) is 3.26. The Hall–Kier alpha value is -1.28. The SMILES string of the molecule is [N-]=[N+]=CC(=O)C(=O)C1CCC1. The van der Waals surface area contributed by atoms with E-state index in [4.69, 9.17) is 5.53 Å². The fraction of sp³-hybridized carbons (Fsp3) is 0.571. The van der Waals surface area contributed by atoms with Gasteiger partial charge in [-0.25, -0.2) is 0 Å². The zero-order chi connectivity index (χ0) is 8.27. The molecule has 58 valence electrons. The zero-order valence-electron chi connectivity index (χ0n) is 5.99. The number of ketones is 2. The predicted octanol–water partition coefficient (Wildman–Crippen LogP) is 0.225. The number of carbonyl (C=O) groups is 2. The molecule has 1 fully saturated rings. The van der Waals surface area contributed by atoms with Crippen LogP contribution in [-0.4, -0.2) is 22.6 Å². The highest BCUT2D eigenvalue weighted by molar-refractivity contribution is 6.58. The lowest BCUT2D eigenvalue weighted by atomic mass is 9.81. The van der Waals surface area contributed by atoms with Crippen LogP contribution in [0.4, 0.5) is 0 Å². The minimum atomic E-state index is -0.697. The Labute approximate surface area is 63.8 Å². The largest absolute Gasteiger partial charge is 0.361 e. The molecule has 0 aromatic carbocycles. The van der Waals surface area contributed by atoms with Crippen LogP contribution in [0, 0.1) is 5.92 Å². The van der Waals surface area contributed by atoms with Crippen molar-refractivity contribution in [3.05, 3.63) is 5.53 Å². The van der Waals surface area contributed by atoms with Gasteiger partial charge in [0.05, 0.1) is 0 Å². The van der Waals surface area contributed by atoms with Gasteiger partial charge in [-0.3, -0.25) is 9.59 Å². The molecule has 4 heteroatoms. The minimum absolute atomic E-state index is 0.111. The molecule has 0 N–H and O–H groups in total. The van der Waals surface area contributed by atoms with Gasteiger partial charge in [0.1, 0.15) is 0 Å². The van der Waals surface area contributed by atoms with Gasteiger partial charge >= 0.3 is 12.0 Å². The van der Waals surface area contributed by atoms with Gasteiger partial charge in [-0.05, 0) is 12.8 Å². The van der Waals surface area contributed by atoms with Crippen LogP contribution in [-0.2, 0) is 9.59 Å². The summed E-state index contributed by atoms with van der Waals surface area (Å²) in [5, 5.41) is 0. The predicted molar refractivity (Wildman–Crippen MR) is 37.0 cm³/mol. The van der Waals surface area contributed by atoms with Gasteiger partial charge in [0.2, 0.25) is 5.78 Å². The first-order chi connectivity index (χ1) is 5.25. The topological polar surface area (TPSA) is 70.5 Å². The van der Waals surface area contributed by atoms with Crippen molar-refractivity contribution >= 4 is 17.8 Å². The molecule has 0 atom stereocenters. The molecule has 4 nitrogen and oxygen atoms in total. The summed E-state index contributed by atoms with van der Waals surface area (Å²) >= 11 is 0. The second-order valence-corrected chi connectivity index (χ2v) is 2.60. The van der Waals surface area contributed by atoms with Crippen molar-refractivity contribution in [2.24, 2.45) is 5.92 Å². The van der Waals surface area contributed by atoms with E-state index in [0.29, 0.717) is 6.21 Å². The molecule has 1 saturated carbocycles. The quantitative estimate of drug-likeness (QED) is 0.251. The monoisotopic (exact) mass is 152 g/mol. The Kier molecular flexibility index (Phi) is 2.28. The summed E-state index contributed by atoms with van der Waals surface area (Å²) in [6, 6.07) is 0. The van der Waals surface area contributed by atoms with E-state index in [1.165, 1.54) is 0 Å². The molecule has 0 spiro atoms. The number of Topliss-reactive ketones (excluding diaryl/α,β-unsaturated/α-hetero) is 2. The third-order valence-corrected chi connectivity index (χ3v) is 1.89. The Morgan fingerprint density at radius 2 is 2.09 bits per heavy atom. The van der Waals surface area contributed by atoms with E-state index in [0.717, 1.165) is 19.3 Å². The molecule has 0 amide bonds. The number of rotatable bonds is 3. The second-order valence-electron chi connectivity index (χ2n) is 2.60. The molecule has 0 bridgehead atoms. The molecule has 1 aliphatic rings. The third kappa shape index (κ3) is 1.59. The molecule has 0 aromatic rings. The molecule has 0 aromatic heterocycles. The zero-order valence-corrected chi connectivity index (χ0v) is 5.99. The molecular formula is C7H8N2O2. The van der Waals surface area contributed by atoms with Gasteiger partial charge in [0, 0.05) is 5.92 Å². The van der Waals surface area contributed by atoms with Gasteiger partial charge < -0.3 is 5.53 Å². The summed E-state index contributed by atoms with van der Waals surface area (Å²) in [6.45, 7) is 0. The number of nitrogens with zero attached hydrogens (tertiary/aromatic N) is 2. The van der Waals surface area contributed by atoms with E-state index < -0.39 is 11.6 Å². The molecule has 0 heterocycles. The van der Waals surface area contributed by atoms with Gasteiger partial charge in [-0.1, -0.05) is 6.42 Å². The van der Waals surface area contributed by atoms with E-state index in [1.807, 2.05) is 0 Å². The van der Waals surface area contributed by atoms with E-state index in [2.05, 4.69) is 4.79 Å². The van der Waals surface area contributed by atoms with Crippen molar-refractivity contribution in [3.63, 3.8) is 0 Å². The molecule has 0 radical (unpaired) electrons. The standard InChI is InChI=1S/C7H8N2O2/c8-9-4-6(10)7(11)5-2-1-3-5/h4-5H,1-3H2. The van der Waals surface area contributed by atoms with Crippen LogP contribution in [0.1, 0.15) is 19.3 Å². The Morgan fingerprint density at radius 3 is 2.45 bits per heavy atom. The van der Waals surface area contributed by atoms with Crippen LogP contribution in [0.3, 0.4) is 0 Å². The maximum absolute atomic E-state index is 11.0. The van der Waals surface area contributed by atoms with Crippen LogP contribution in [0.5, 0.6) is 0 Å². The molecular weight excluding hydrogens is 144 g/mol. The average Bonchev–Trinajstić information content (AvgIpc) is 1.84. The average molecular weight is 152 g/mol. The van der Waals surface area contributed by atoms with E-state index in [9.17, 15) is 9.59 Å². The van der Waals surface area contributed by atoms with Crippen molar-refractivity contribution in [2.45, 2.75) is 19.3 Å². The van der Waals surface area contributed by atoms with Crippen LogP contribution >= 0.6 is 0 Å².